The maximum Gasteiger partial charge on any atom is 0.252 e. The summed E-state index contributed by atoms with van der Waals surface area (Å²) in [7, 11) is 0. The summed E-state index contributed by atoms with van der Waals surface area (Å²) in [6.07, 6.45) is 3.20. The van der Waals surface area contributed by atoms with Crippen LogP contribution >= 0.6 is 15.9 Å². The maximum absolute atomic E-state index is 12.1. The van der Waals surface area contributed by atoms with Crippen molar-refractivity contribution in [3.8, 4) is 0 Å². The van der Waals surface area contributed by atoms with Crippen molar-refractivity contribution >= 4 is 32.9 Å². The van der Waals surface area contributed by atoms with Crippen molar-refractivity contribution in [3.63, 3.8) is 0 Å². The molecule has 0 aliphatic carbocycles. The zero-order chi connectivity index (χ0) is 15.5. The van der Waals surface area contributed by atoms with Gasteiger partial charge in [0, 0.05) is 30.0 Å². The number of hydrogen-bond acceptors (Lipinski definition) is 3. The predicted molar refractivity (Wildman–Crippen MR) is 88.7 cm³/mol. The van der Waals surface area contributed by atoms with Crippen molar-refractivity contribution in [2.75, 3.05) is 6.54 Å². The second-order valence-corrected chi connectivity index (χ2v) is 5.86. The molecule has 0 aliphatic rings. The number of hydrogen-bond donors (Lipinski definition) is 1. The monoisotopic (exact) mass is 358 g/mol. The normalized spacial score (nSPS) is 10.8. The fraction of sp³-hybridized carbons (Fsp3) is 0.188. The first-order chi connectivity index (χ1) is 10.6. The Hall–Kier alpha value is -2.21. The Kier molecular flexibility index (Phi) is 4.20. The second-order valence-electron chi connectivity index (χ2n) is 4.95. The SMILES string of the molecule is Cc1nc2ccccc2n1CCNC(=O)c1cncc(Br)c1. The molecule has 1 N–H and O–H groups in total. The van der Waals surface area contributed by atoms with Gasteiger partial charge < -0.3 is 9.88 Å². The third-order valence-electron chi connectivity index (χ3n) is 3.43. The van der Waals surface area contributed by atoms with Crippen molar-refractivity contribution in [1.82, 2.24) is 19.9 Å². The molecule has 22 heavy (non-hydrogen) atoms. The number of carbonyl (C=O) groups is 1. The summed E-state index contributed by atoms with van der Waals surface area (Å²) in [5.74, 6) is 0.815. The number of carbonyl (C=O) groups excluding carboxylic acids is 1. The number of nitrogens with one attached hydrogen (secondary N) is 1. The van der Waals surface area contributed by atoms with Gasteiger partial charge in [0.15, 0.2) is 0 Å². The van der Waals surface area contributed by atoms with E-state index in [0.717, 1.165) is 21.3 Å². The fourth-order valence-electron chi connectivity index (χ4n) is 2.40. The van der Waals surface area contributed by atoms with Gasteiger partial charge in [-0.15, -0.1) is 0 Å². The van der Waals surface area contributed by atoms with Crippen LogP contribution in [-0.4, -0.2) is 27.0 Å². The Morgan fingerprint density at radius 3 is 2.95 bits per heavy atom. The highest BCUT2D eigenvalue weighted by Gasteiger charge is 2.08. The summed E-state index contributed by atoms with van der Waals surface area (Å²) < 4.78 is 2.89. The van der Waals surface area contributed by atoms with Crippen LogP contribution in [0.15, 0.2) is 47.2 Å². The van der Waals surface area contributed by atoms with Crippen LogP contribution in [0.3, 0.4) is 0 Å². The van der Waals surface area contributed by atoms with Crippen molar-refractivity contribution in [1.29, 1.82) is 0 Å². The van der Waals surface area contributed by atoms with Crippen LogP contribution in [0, 0.1) is 6.92 Å². The molecule has 0 saturated carbocycles. The molecule has 0 aliphatic heterocycles. The minimum absolute atomic E-state index is 0.129. The molecule has 0 bridgehead atoms. The van der Waals surface area contributed by atoms with Crippen LogP contribution in [0.25, 0.3) is 11.0 Å². The van der Waals surface area contributed by atoms with Crippen LogP contribution in [0.2, 0.25) is 0 Å². The average Bonchev–Trinajstić information content (AvgIpc) is 2.83. The van der Waals surface area contributed by atoms with Crippen LogP contribution in [0.5, 0.6) is 0 Å². The third kappa shape index (κ3) is 3.01. The molecule has 1 amide bonds. The molecular weight excluding hydrogens is 344 g/mol. The van der Waals surface area contributed by atoms with Crippen molar-refractivity contribution < 1.29 is 4.79 Å². The zero-order valence-corrected chi connectivity index (χ0v) is 13.7. The van der Waals surface area contributed by atoms with Gasteiger partial charge >= 0.3 is 0 Å². The predicted octanol–water partition coefficient (Wildman–Crippen LogP) is 2.93. The number of benzene rings is 1. The van der Waals surface area contributed by atoms with Gasteiger partial charge in [-0.1, -0.05) is 12.1 Å². The number of pyridine rings is 1. The first-order valence-electron chi connectivity index (χ1n) is 6.96. The number of imidazole rings is 1. The van der Waals surface area contributed by atoms with Crippen LogP contribution in [-0.2, 0) is 6.54 Å². The lowest BCUT2D eigenvalue weighted by Crippen LogP contribution is -2.27. The van der Waals surface area contributed by atoms with E-state index in [2.05, 4.69) is 35.8 Å². The van der Waals surface area contributed by atoms with Crippen LogP contribution in [0.4, 0.5) is 0 Å². The molecule has 0 saturated heterocycles. The third-order valence-corrected chi connectivity index (χ3v) is 3.87. The topological polar surface area (TPSA) is 59.8 Å². The number of nitrogens with zero attached hydrogens (tertiary/aromatic N) is 3. The molecule has 5 nitrogen and oxygen atoms in total. The van der Waals surface area contributed by atoms with E-state index in [4.69, 9.17) is 0 Å². The van der Waals surface area contributed by atoms with E-state index >= 15 is 0 Å². The van der Waals surface area contributed by atoms with Crippen LogP contribution < -0.4 is 5.32 Å². The van der Waals surface area contributed by atoms with Crippen molar-refractivity contribution in [3.05, 3.63) is 58.6 Å². The molecule has 1 aromatic carbocycles. The minimum atomic E-state index is -0.129. The molecule has 2 aromatic heterocycles. The Bertz CT molecular complexity index is 828. The minimum Gasteiger partial charge on any atom is -0.350 e. The van der Waals surface area contributed by atoms with Crippen LogP contribution in [0.1, 0.15) is 16.2 Å². The summed E-state index contributed by atoms with van der Waals surface area (Å²) >= 11 is 3.31. The first-order valence-corrected chi connectivity index (χ1v) is 7.75. The maximum atomic E-state index is 12.1. The summed E-state index contributed by atoms with van der Waals surface area (Å²) in [6, 6.07) is 9.74. The molecule has 2 heterocycles. The summed E-state index contributed by atoms with van der Waals surface area (Å²) in [4.78, 5) is 20.6. The molecule has 0 unspecified atom stereocenters. The number of fused-ring (bicyclic) bond motifs is 1. The lowest BCUT2D eigenvalue weighted by Gasteiger charge is -2.08. The largest absolute Gasteiger partial charge is 0.350 e. The van der Waals surface area contributed by atoms with Gasteiger partial charge in [0.1, 0.15) is 5.82 Å². The van der Waals surface area contributed by atoms with Gasteiger partial charge in [-0.2, -0.15) is 0 Å². The number of aromatic nitrogens is 3. The van der Waals surface area contributed by atoms with Gasteiger partial charge in [-0.3, -0.25) is 9.78 Å². The van der Waals surface area contributed by atoms with Crippen molar-refractivity contribution in [2.45, 2.75) is 13.5 Å². The Balaban J connectivity index is 1.67. The first kappa shape index (κ1) is 14.7. The van der Waals surface area contributed by atoms with E-state index in [1.807, 2.05) is 31.2 Å². The standard InChI is InChI=1S/C16H15BrN4O/c1-11-20-14-4-2-3-5-15(14)21(11)7-6-19-16(22)12-8-13(17)10-18-9-12/h2-5,8-10H,6-7H2,1H3,(H,19,22). The zero-order valence-electron chi connectivity index (χ0n) is 12.1. The number of aryl methyl sites for hydroxylation is 1. The van der Waals surface area contributed by atoms with Crippen molar-refractivity contribution in [2.24, 2.45) is 0 Å². The molecule has 0 radical (unpaired) electrons. The highest BCUT2D eigenvalue weighted by atomic mass is 79.9. The second kappa shape index (κ2) is 6.27. The number of amides is 1. The summed E-state index contributed by atoms with van der Waals surface area (Å²) in [5.41, 5.74) is 2.60. The Labute approximate surface area is 136 Å². The molecule has 3 rings (SSSR count). The highest BCUT2D eigenvalue weighted by molar-refractivity contribution is 9.10. The Morgan fingerprint density at radius 1 is 1.32 bits per heavy atom. The fourth-order valence-corrected chi connectivity index (χ4v) is 2.76. The summed E-state index contributed by atoms with van der Waals surface area (Å²) in [5, 5.41) is 2.91. The highest BCUT2D eigenvalue weighted by Crippen LogP contribution is 2.15. The number of halogens is 1. The molecule has 0 spiro atoms. The smallest absolute Gasteiger partial charge is 0.252 e. The average molecular weight is 359 g/mol. The van der Waals surface area contributed by atoms with Gasteiger partial charge in [0.2, 0.25) is 0 Å². The molecule has 0 atom stereocenters. The van der Waals surface area contributed by atoms with E-state index in [-0.39, 0.29) is 5.91 Å². The van der Waals surface area contributed by atoms with E-state index in [9.17, 15) is 4.79 Å². The lowest BCUT2D eigenvalue weighted by molar-refractivity contribution is 0.0952. The van der Waals surface area contributed by atoms with Gasteiger partial charge in [-0.05, 0) is 41.1 Å². The molecule has 6 heteroatoms. The van der Waals surface area contributed by atoms with E-state index < -0.39 is 0 Å². The van der Waals surface area contributed by atoms with E-state index in [1.54, 1.807) is 18.5 Å². The Morgan fingerprint density at radius 2 is 2.14 bits per heavy atom. The molecular formula is C16H15BrN4O. The lowest BCUT2D eigenvalue weighted by atomic mass is 10.3. The van der Waals surface area contributed by atoms with E-state index in [1.165, 1.54) is 0 Å². The quantitative estimate of drug-likeness (QED) is 0.779. The van der Waals surface area contributed by atoms with Gasteiger partial charge in [0.05, 0.1) is 16.6 Å². The van der Waals surface area contributed by atoms with Gasteiger partial charge in [-0.25, -0.2) is 4.98 Å². The van der Waals surface area contributed by atoms with Gasteiger partial charge in [0.25, 0.3) is 5.91 Å². The molecule has 112 valence electrons. The number of para-hydroxylation sites is 2. The summed E-state index contributed by atoms with van der Waals surface area (Å²) in [6.45, 7) is 3.19. The molecule has 0 fully saturated rings. The molecule has 3 aromatic rings. The number of rotatable bonds is 4. The van der Waals surface area contributed by atoms with E-state index in [0.29, 0.717) is 18.7 Å².